The van der Waals surface area contributed by atoms with Crippen molar-refractivity contribution in [1.82, 2.24) is 4.90 Å². The zero-order valence-corrected chi connectivity index (χ0v) is 11.5. The van der Waals surface area contributed by atoms with Crippen molar-refractivity contribution in [2.24, 2.45) is 0 Å². The quantitative estimate of drug-likeness (QED) is 0.765. The lowest BCUT2D eigenvalue weighted by molar-refractivity contribution is 0.0988. The number of ketones is 1. The highest BCUT2D eigenvalue weighted by molar-refractivity contribution is 5.96. The Morgan fingerprint density at radius 1 is 1.28 bits per heavy atom. The minimum absolute atomic E-state index is 0.216. The van der Waals surface area contributed by atoms with Gasteiger partial charge in [-0.05, 0) is 38.2 Å². The molecule has 1 atom stereocenters. The Morgan fingerprint density at radius 2 is 1.94 bits per heavy atom. The van der Waals surface area contributed by atoms with Gasteiger partial charge >= 0.3 is 0 Å². The minimum atomic E-state index is 0.216. The van der Waals surface area contributed by atoms with E-state index in [4.69, 9.17) is 0 Å². The van der Waals surface area contributed by atoms with E-state index in [1.54, 1.807) is 0 Å². The number of nitrogens with zero attached hydrogens (tertiary/aromatic N) is 2. The first-order valence-electron chi connectivity index (χ1n) is 6.70. The molecule has 0 radical (unpaired) electrons. The van der Waals surface area contributed by atoms with Gasteiger partial charge in [0.15, 0.2) is 5.78 Å². The first-order chi connectivity index (χ1) is 8.61. The van der Waals surface area contributed by atoms with Crippen LogP contribution in [0.3, 0.4) is 0 Å². The van der Waals surface area contributed by atoms with Gasteiger partial charge in [-0.15, -0.1) is 0 Å². The largest absolute Gasteiger partial charge is 0.366 e. The van der Waals surface area contributed by atoms with Gasteiger partial charge in [-0.1, -0.05) is 6.92 Å². The number of benzene rings is 1. The van der Waals surface area contributed by atoms with Crippen molar-refractivity contribution < 1.29 is 4.79 Å². The number of piperazine rings is 1. The number of rotatable bonds is 3. The second-order valence-electron chi connectivity index (χ2n) is 5.13. The second-order valence-corrected chi connectivity index (χ2v) is 5.13. The van der Waals surface area contributed by atoms with Crippen molar-refractivity contribution in [3.8, 4) is 0 Å². The Hall–Kier alpha value is -1.35. The lowest BCUT2D eigenvalue weighted by Gasteiger charge is -2.39. The minimum Gasteiger partial charge on any atom is -0.366 e. The molecule has 0 aromatic heterocycles. The fourth-order valence-electron chi connectivity index (χ4n) is 2.57. The van der Waals surface area contributed by atoms with Gasteiger partial charge in [-0.2, -0.15) is 0 Å². The molecule has 0 amide bonds. The molecule has 0 saturated carbocycles. The number of carbonyl (C=O) groups is 1. The van der Waals surface area contributed by atoms with E-state index in [1.807, 2.05) is 19.1 Å². The average Bonchev–Trinajstić information content (AvgIpc) is 2.38. The molecule has 98 valence electrons. The summed E-state index contributed by atoms with van der Waals surface area (Å²) in [5.74, 6) is 0.216. The number of hydrogen-bond acceptors (Lipinski definition) is 3. The molecule has 3 heteroatoms. The Balaban J connectivity index is 2.12. The molecule has 1 aliphatic rings. The van der Waals surface area contributed by atoms with E-state index in [2.05, 4.69) is 35.9 Å². The molecule has 1 fully saturated rings. The lowest BCUT2D eigenvalue weighted by atomic mass is 10.1. The van der Waals surface area contributed by atoms with Crippen molar-refractivity contribution in [3.63, 3.8) is 0 Å². The zero-order valence-electron chi connectivity index (χ0n) is 11.5. The molecule has 1 aliphatic heterocycles. The highest BCUT2D eigenvalue weighted by atomic mass is 16.1. The van der Waals surface area contributed by atoms with Crippen LogP contribution < -0.4 is 4.90 Å². The van der Waals surface area contributed by atoms with Crippen LogP contribution in [0, 0.1) is 0 Å². The molecule has 0 bridgehead atoms. The maximum Gasteiger partial charge on any atom is 0.162 e. The number of anilines is 1. The van der Waals surface area contributed by atoms with Crippen LogP contribution in [0.1, 0.15) is 30.6 Å². The average molecular weight is 246 g/mol. The molecule has 1 aromatic rings. The molecule has 0 aliphatic carbocycles. The summed E-state index contributed by atoms with van der Waals surface area (Å²) >= 11 is 0. The third-order valence-electron chi connectivity index (χ3n) is 3.67. The van der Waals surface area contributed by atoms with Crippen LogP contribution in [-0.2, 0) is 0 Å². The van der Waals surface area contributed by atoms with Crippen LogP contribution >= 0.6 is 0 Å². The Kier molecular flexibility index (Phi) is 4.02. The Bertz CT molecular complexity index is 413. The summed E-state index contributed by atoms with van der Waals surface area (Å²) in [5, 5.41) is 0. The fraction of sp³-hybridized carbons (Fsp3) is 0.533. The van der Waals surface area contributed by atoms with Gasteiger partial charge in [0, 0.05) is 43.3 Å². The summed E-state index contributed by atoms with van der Waals surface area (Å²) < 4.78 is 0. The van der Waals surface area contributed by atoms with Gasteiger partial charge in [0.2, 0.25) is 0 Å². The molecule has 18 heavy (non-hydrogen) atoms. The van der Waals surface area contributed by atoms with Gasteiger partial charge in [-0.25, -0.2) is 0 Å². The highest BCUT2D eigenvalue weighted by Crippen LogP contribution is 2.21. The van der Waals surface area contributed by atoms with E-state index >= 15 is 0 Å². The van der Waals surface area contributed by atoms with Crippen molar-refractivity contribution >= 4 is 11.5 Å². The third-order valence-corrected chi connectivity index (χ3v) is 3.67. The molecule has 3 nitrogen and oxygen atoms in total. The summed E-state index contributed by atoms with van der Waals surface area (Å²) in [5.41, 5.74) is 2.05. The summed E-state index contributed by atoms with van der Waals surface area (Å²) in [7, 11) is 2.16. The van der Waals surface area contributed by atoms with Crippen LogP contribution in [-0.4, -0.2) is 43.4 Å². The Labute approximate surface area is 109 Å². The number of likely N-dealkylation sites (N-methyl/N-ethyl adjacent to an activating group) is 1. The monoisotopic (exact) mass is 246 g/mol. The topological polar surface area (TPSA) is 23.6 Å². The van der Waals surface area contributed by atoms with Crippen LogP contribution in [0.4, 0.5) is 5.69 Å². The summed E-state index contributed by atoms with van der Waals surface area (Å²) in [4.78, 5) is 16.4. The maximum absolute atomic E-state index is 11.6. The third kappa shape index (κ3) is 2.72. The van der Waals surface area contributed by atoms with Crippen LogP contribution in [0.15, 0.2) is 24.3 Å². The summed E-state index contributed by atoms with van der Waals surface area (Å²) in [6.07, 6.45) is 0.574. The second kappa shape index (κ2) is 5.53. The smallest absolute Gasteiger partial charge is 0.162 e. The van der Waals surface area contributed by atoms with Crippen LogP contribution in [0.25, 0.3) is 0 Å². The predicted octanol–water partition coefficient (Wildman–Crippen LogP) is 2.42. The fourth-order valence-corrected chi connectivity index (χ4v) is 2.57. The van der Waals surface area contributed by atoms with E-state index in [9.17, 15) is 4.79 Å². The lowest BCUT2D eigenvalue weighted by Crippen LogP contribution is -2.50. The molecular formula is C15H22N2O. The molecule has 0 spiro atoms. The van der Waals surface area contributed by atoms with Crippen molar-refractivity contribution in [2.75, 3.05) is 31.6 Å². The first kappa shape index (κ1) is 13.1. The van der Waals surface area contributed by atoms with Gasteiger partial charge in [0.1, 0.15) is 0 Å². The van der Waals surface area contributed by atoms with E-state index in [0.717, 1.165) is 25.2 Å². The van der Waals surface area contributed by atoms with Gasteiger partial charge in [-0.3, -0.25) is 4.79 Å². The number of Topliss-reactive ketones (excluding diaryl/α,β-unsaturated/α-hetero) is 1. The van der Waals surface area contributed by atoms with Gasteiger partial charge in [0.25, 0.3) is 0 Å². The van der Waals surface area contributed by atoms with Crippen molar-refractivity contribution in [1.29, 1.82) is 0 Å². The Morgan fingerprint density at radius 3 is 2.50 bits per heavy atom. The van der Waals surface area contributed by atoms with Crippen molar-refractivity contribution in [2.45, 2.75) is 26.3 Å². The zero-order chi connectivity index (χ0) is 13.1. The summed E-state index contributed by atoms with van der Waals surface area (Å²) in [6, 6.07) is 8.57. The van der Waals surface area contributed by atoms with E-state index in [-0.39, 0.29) is 5.78 Å². The molecule has 1 heterocycles. The molecule has 1 aromatic carbocycles. The molecular weight excluding hydrogens is 224 g/mol. The highest BCUT2D eigenvalue weighted by Gasteiger charge is 2.21. The number of carbonyl (C=O) groups excluding carboxylic acids is 1. The normalized spacial score (nSPS) is 21.1. The molecule has 1 saturated heterocycles. The van der Waals surface area contributed by atoms with Crippen LogP contribution in [0.2, 0.25) is 0 Å². The van der Waals surface area contributed by atoms with E-state index in [0.29, 0.717) is 12.5 Å². The molecule has 0 N–H and O–H groups in total. The SMILES string of the molecule is CCC(=O)c1ccc(N2CCN(C)CC2C)cc1. The predicted molar refractivity (Wildman–Crippen MR) is 75.4 cm³/mol. The molecule has 2 rings (SSSR count). The van der Waals surface area contributed by atoms with Crippen molar-refractivity contribution in [3.05, 3.63) is 29.8 Å². The standard InChI is InChI=1S/C15H22N2O/c1-4-15(18)13-5-7-14(8-6-13)17-10-9-16(3)11-12(17)2/h5-8,12H,4,9-11H2,1-3H3. The van der Waals surface area contributed by atoms with Gasteiger partial charge < -0.3 is 9.80 Å². The number of hydrogen-bond donors (Lipinski definition) is 0. The molecule has 1 unspecified atom stereocenters. The van der Waals surface area contributed by atoms with Gasteiger partial charge in [0.05, 0.1) is 0 Å². The maximum atomic E-state index is 11.6. The first-order valence-corrected chi connectivity index (χ1v) is 6.70. The van der Waals surface area contributed by atoms with E-state index in [1.165, 1.54) is 5.69 Å². The van der Waals surface area contributed by atoms with E-state index < -0.39 is 0 Å². The van der Waals surface area contributed by atoms with Crippen LogP contribution in [0.5, 0.6) is 0 Å². The summed E-state index contributed by atoms with van der Waals surface area (Å²) in [6.45, 7) is 7.40.